The molecule has 3 nitrogen and oxygen atoms in total. The summed E-state index contributed by atoms with van der Waals surface area (Å²) in [6.45, 7) is 4.70. The molecule has 0 aliphatic rings. The highest BCUT2D eigenvalue weighted by Gasteiger charge is 2.09. The van der Waals surface area contributed by atoms with Crippen LogP contribution in [0, 0.1) is 5.92 Å². The van der Waals surface area contributed by atoms with Crippen LogP contribution in [0.5, 0.6) is 5.75 Å². The molecule has 0 radical (unpaired) electrons. The zero-order chi connectivity index (χ0) is 14.3. The van der Waals surface area contributed by atoms with Crippen LogP contribution in [0.2, 0.25) is 5.02 Å². The molecule has 106 valence electrons. The third kappa shape index (κ3) is 6.08. The van der Waals surface area contributed by atoms with Gasteiger partial charge >= 0.3 is 0 Å². The Labute approximate surface area is 119 Å². The second-order valence-corrected chi connectivity index (χ2v) is 5.23. The largest absolute Gasteiger partial charge is 0.490 e. The summed E-state index contributed by atoms with van der Waals surface area (Å²) >= 11 is 6.08. The Hall–Kier alpha value is -1.06. The van der Waals surface area contributed by atoms with E-state index < -0.39 is 0 Å². The number of halogens is 1. The highest BCUT2D eigenvalue weighted by atomic mass is 35.5. The lowest BCUT2D eigenvalue weighted by atomic mass is 9.96. The van der Waals surface area contributed by atoms with E-state index in [1.54, 1.807) is 14.0 Å². The lowest BCUT2D eigenvalue weighted by molar-refractivity contribution is -0.117. The number of rotatable bonds is 8. The summed E-state index contributed by atoms with van der Waals surface area (Å²) in [5, 5.41) is 0.596. The normalized spacial score (nSPS) is 12.2. The summed E-state index contributed by atoms with van der Waals surface area (Å²) in [4.78, 5) is 11.1. The first-order valence-electron chi connectivity index (χ1n) is 6.42. The van der Waals surface area contributed by atoms with Crippen molar-refractivity contribution in [1.29, 1.82) is 0 Å². The van der Waals surface area contributed by atoms with E-state index in [4.69, 9.17) is 21.1 Å². The summed E-state index contributed by atoms with van der Waals surface area (Å²) in [5.41, 5.74) is 1.13. The van der Waals surface area contributed by atoms with Gasteiger partial charge in [-0.25, -0.2) is 0 Å². The average molecular weight is 285 g/mol. The van der Waals surface area contributed by atoms with Crippen molar-refractivity contribution >= 4 is 17.4 Å². The lowest BCUT2D eigenvalue weighted by Gasteiger charge is -2.12. The van der Waals surface area contributed by atoms with Crippen LogP contribution in [0.25, 0.3) is 0 Å². The molecule has 0 aromatic heterocycles. The van der Waals surface area contributed by atoms with Crippen LogP contribution >= 0.6 is 11.6 Å². The minimum absolute atomic E-state index is 0.220. The Bertz CT molecular complexity index is 418. The smallest absolute Gasteiger partial charge is 0.138 e. The van der Waals surface area contributed by atoms with E-state index in [-0.39, 0.29) is 5.78 Å². The van der Waals surface area contributed by atoms with Gasteiger partial charge in [-0.15, -0.1) is 0 Å². The first-order chi connectivity index (χ1) is 9.02. The summed E-state index contributed by atoms with van der Waals surface area (Å²) in [7, 11) is 1.63. The van der Waals surface area contributed by atoms with Gasteiger partial charge in [0.05, 0.1) is 11.6 Å². The van der Waals surface area contributed by atoms with E-state index in [2.05, 4.69) is 6.92 Å². The molecule has 0 aliphatic heterocycles. The second-order valence-electron chi connectivity index (χ2n) is 4.82. The summed E-state index contributed by atoms with van der Waals surface area (Å²) in [6, 6.07) is 5.75. The van der Waals surface area contributed by atoms with Crippen molar-refractivity contribution in [3.8, 4) is 5.75 Å². The SMILES string of the molecule is COCCOc1cc(CC(C)CC(C)=O)ccc1Cl. The van der Waals surface area contributed by atoms with E-state index in [0.717, 1.165) is 12.0 Å². The predicted molar refractivity (Wildman–Crippen MR) is 77.0 cm³/mol. The van der Waals surface area contributed by atoms with E-state index in [1.165, 1.54) is 0 Å². The highest BCUT2D eigenvalue weighted by Crippen LogP contribution is 2.27. The number of carbonyl (C=O) groups excluding carboxylic acids is 1. The number of benzene rings is 1. The number of hydrogen-bond acceptors (Lipinski definition) is 3. The van der Waals surface area contributed by atoms with Gasteiger partial charge in [0.25, 0.3) is 0 Å². The molecule has 0 bridgehead atoms. The maximum Gasteiger partial charge on any atom is 0.138 e. The minimum Gasteiger partial charge on any atom is -0.490 e. The molecule has 0 saturated heterocycles. The molecule has 1 atom stereocenters. The fourth-order valence-corrected chi connectivity index (χ4v) is 2.16. The Morgan fingerprint density at radius 1 is 1.37 bits per heavy atom. The van der Waals surface area contributed by atoms with E-state index in [0.29, 0.717) is 36.3 Å². The molecule has 0 spiro atoms. The zero-order valence-corrected chi connectivity index (χ0v) is 12.5. The van der Waals surface area contributed by atoms with Crippen molar-refractivity contribution < 1.29 is 14.3 Å². The third-order valence-corrected chi connectivity index (χ3v) is 3.07. The Kier molecular flexibility index (Phi) is 6.89. The van der Waals surface area contributed by atoms with Gasteiger partial charge < -0.3 is 14.3 Å². The summed E-state index contributed by atoms with van der Waals surface area (Å²) in [6.07, 6.45) is 1.44. The van der Waals surface area contributed by atoms with Gasteiger partial charge in [0.1, 0.15) is 18.1 Å². The van der Waals surface area contributed by atoms with Crippen LogP contribution < -0.4 is 4.74 Å². The standard InChI is InChI=1S/C15H21ClO3/c1-11(8-12(2)17)9-13-4-5-14(16)15(10-13)19-7-6-18-3/h4-5,10-11H,6-9H2,1-3H3. The fraction of sp³-hybridized carbons (Fsp3) is 0.533. The summed E-state index contributed by atoms with van der Waals surface area (Å²) in [5.74, 6) is 1.22. The van der Waals surface area contributed by atoms with E-state index in [1.807, 2.05) is 18.2 Å². The second kappa shape index (κ2) is 8.18. The number of hydrogen-bond donors (Lipinski definition) is 0. The maximum atomic E-state index is 11.1. The van der Waals surface area contributed by atoms with Gasteiger partial charge in [-0.1, -0.05) is 24.6 Å². The Balaban J connectivity index is 2.64. The Morgan fingerprint density at radius 3 is 2.74 bits per heavy atom. The van der Waals surface area contributed by atoms with Crippen molar-refractivity contribution in [3.05, 3.63) is 28.8 Å². The third-order valence-electron chi connectivity index (χ3n) is 2.76. The predicted octanol–water partition coefficient (Wildman–Crippen LogP) is 3.52. The number of Topliss-reactive ketones (excluding diaryl/α,β-unsaturated/α-hetero) is 1. The van der Waals surface area contributed by atoms with Crippen LogP contribution in [0.1, 0.15) is 25.8 Å². The molecule has 0 fully saturated rings. The molecule has 1 rings (SSSR count). The van der Waals surface area contributed by atoms with Crippen LogP contribution in [-0.4, -0.2) is 26.1 Å². The van der Waals surface area contributed by atoms with Crippen molar-refractivity contribution in [2.75, 3.05) is 20.3 Å². The number of ketones is 1. The highest BCUT2D eigenvalue weighted by molar-refractivity contribution is 6.32. The van der Waals surface area contributed by atoms with Gasteiger partial charge in [0, 0.05) is 13.5 Å². The topological polar surface area (TPSA) is 35.5 Å². The van der Waals surface area contributed by atoms with Crippen molar-refractivity contribution in [1.82, 2.24) is 0 Å². The molecule has 1 unspecified atom stereocenters. The molecule has 0 heterocycles. The zero-order valence-electron chi connectivity index (χ0n) is 11.7. The molecule has 4 heteroatoms. The number of ether oxygens (including phenoxy) is 2. The Morgan fingerprint density at radius 2 is 2.11 bits per heavy atom. The quantitative estimate of drug-likeness (QED) is 0.685. The van der Waals surface area contributed by atoms with E-state index in [9.17, 15) is 4.79 Å². The molecule has 0 saturated carbocycles. The van der Waals surface area contributed by atoms with Crippen molar-refractivity contribution in [2.24, 2.45) is 5.92 Å². The minimum atomic E-state index is 0.220. The van der Waals surface area contributed by atoms with E-state index >= 15 is 0 Å². The first kappa shape index (κ1) is 16.0. The molecular weight excluding hydrogens is 264 g/mol. The molecule has 19 heavy (non-hydrogen) atoms. The number of carbonyl (C=O) groups is 1. The molecular formula is C15H21ClO3. The van der Waals surface area contributed by atoms with Gasteiger partial charge in [0.15, 0.2) is 0 Å². The summed E-state index contributed by atoms with van der Waals surface area (Å²) < 4.78 is 10.5. The molecule has 0 amide bonds. The molecule has 1 aromatic carbocycles. The van der Waals surface area contributed by atoms with Crippen molar-refractivity contribution in [3.63, 3.8) is 0 Å². The van der Waals surface area contributed by atoms with Gasteiger partial charge in [-0.2, -0.15) is 0 Å². The maximum absolute atomic E-state index is 11.1. The van der Waals surface area contributed by atoms with Crippen LogP contribution in [0.15, 0.2) is 18.2 Å². The van der Waals surface area contributed by atoms with Crippen LogP contribution in [0.3, 0.4) is 0 Å². The van der Waals surface area contributed by atoms with Crippen molar-refractivity contribution in [2.45, 2.75) is 26.7 Å². The molecule has 1 aromatic rings. The van der Waals surface area contributed by atoms with Crippen LogP contribution in [-0.2, 0) is 16.0 Å². The van der Waals surface area contributed by atoms with Crippen LogP contribution in [0.4, 0.5) is 0 Å². The first-order valence-corrected chi connectivity index (χ1v) is 6.80. The van der Waals surface area contributed by atoms with Gasteiger partial charge in [-0.3, -0.25) is 0 Å². The average Bonchev–Trinajstić information content (AvgIpc) is 2.32. The lowest BCUT2D eigenvalue weighted by Crippen LogP contribution is -2.07. The molecule has 0 N–H and O–H groups in total. The van der Waals surface area contributed by atoms with Gasteiger partial charge in [0.2, 0.25) is 0 Å². The fourth-order valence-electron chi connectivity index (χ4n) is 1.99. The monoisotopic (exact) mass is 284 g/mol. The van der Waals surface area contributed by atoms with Gasteiger partial charge in [-0.05, 0) is 37.0 Å². The molecule has 0 aliphatic carbocycles. The number of methoxy groups -OCH3 is 1.